The van der Waals surface area contributed by atoms with Gasteiger partial charge in [0.2, 0.25) is 0 Å². The maximum absolute atomic E-state index is 13.0. The molecule has 2 aromatic carbocycles. The average Bonchev–Trinajstić information content (AvgIpc) is 2.87. The van der Waals surface area contributed by atoms with Crippen molar-refractivity contribution in [1.82, 2.24) is 20.7 Å². The summed E-state index contributed by atoms with van der Waals surface area (Å²) in [5, 5.41) is 14.7. The van der Waals surface area contributed by atoms with Gasteiger partial charge in [-0.05, 0) is 62.7 Å². The molecule has 8 nitrogen and oxygen atoms in total. The molecule has 0 saturated carbocycles. The van der Waals surface area contributed by atoms with Crippen LogP contribution in [0.3, 0.4) is 0 Å². The predicted molar refractivity (Wildman–Crippen MR) is 132 cm³/mol. The molecule has 184 valence electrons. The van der Waals surface area contributed by atoms with E-state index in [1.807, 2.05) is 13.0 Å². The smallest absolute Gasteiger partial charge is 0.267 e. The van der Waals surface area contributed by atoms with Gasteiger partial charge in [0.15, 0.2) is 17.3 Å². The molecule has 1 aliphatic heterocycles. The molecule has 1 heterocycles. The maximum Gasteiger partial charge on any atom is 0.267 e. The van der Waals surface area contributed by atoms with E-state index in [1.165, 1.54) is 31.4 Å². The molecule has 1 fully saturated rings. The molecule has 0 aliphatic carbocycles. The zero-order chi connectivity index (χ0) is 24.3. The fourth-order valence-electron chi connectivity index (χ4n) is 4.07. The number of piperidine rings is 1. The number of carbonyl (C=O) groups is 2. The topological polar surface area (TPSA) is 94.1 Å². The van der Waals surface area contributed by atoms with Gasteiger partial charge in [-0.3, -0.25) is 14.6 Å². The fourth-order valence-corrected chi connectivity index (χ4v) is 4.07. The molecule has 0 radical (unpaired) electrons. The standard InChI is InChI=1S/C26H36N4O4/c1-3-30(28-18-20-10-11-25(34-2)23(31)16-20)26(33)22-9-7-8-21(17-22)24(32)19-27-12-15-29-13-5-4-6-14-29/h7-11,16-17,27-28,31H,3-6,12-15,18-19H2,1-2H3. The van der Waals surface area contributed by atoms with E-state index in [4.69, 9.17) is 4.74 Å². The Morgan fingerprint density at radius 2 is 1.85 bits per heavy atom. The second-order valence-electron chi connectivity index (χ2n) is 8.47. The molecule has 0 spiro atoms. The van der Waals surface area contributed by atoms with Gasteiger partial charge in [0, 0.05) is 37.3 Å². The molecule has 0 unspecified atom stereocenters. The van der Waals surface area contributed by atoms with Crippen LogP contribution in [0.1, 0.15) is 52.5 Å². The van der Waals surface area contributed by atoms with E-state index in [1.54, 1.807) is 36.4 Å². The molecule has 3 N–H and O–H groups in total. The summed E-state index contributed by atoms with van der Waals surface area (Å²) < 4.78 is 5.06. The monoisotopic (exact) mass is 468 g/mol. The van der Waals surface area contributed by atoms with Crippen LogP contribution in [0.5, 0.6) is 11.5 Å². The van der Waals surface area contributed by atoms with E-state index >= 15 is 0 Å². The molecular weight excluding hydrogens is 432 g/mol. The molecule has 8 heteroatoms. The molecule has 3 rings (SSSR count). The molecule has 34 heavy (non-hydrogen) atoms. The van der Waals surface area contributed by atoms with Crippen molar-refractivity contribution < 1.29 is 19.4 Å². The third-order valence-corrected chi connectivity index (χ3v) is 6.05. The van der Waals surface area contributed by atoms with Crippen LogP contribution in [0.2, 0.25) is 0 Å². The highest BCUT2D eigenvalue weighted by atomic mass is 16.5. The molecule has 1 saturated heterocycles. The summed E-state index contributed by atoms with van der Waals surface area (Å²) in [6.45, 7) is 6.93. The maximum atomic E-state index is 13.0. The number of aromatic hydroxyl groups is 1. The Hall–Kier alpha value is -2.94. The number of carbonyl (C=O) groups excluding carboxylic acids is 2. The number of nitrogens with zero attached hydrogens (tertiary/aromatic N) is 2. The number of Topliss-reactive ketones (excluding diaryl/α,β-unsaturated/α-hetero) is 1. The molecule has 0 bridgehead atoms. The molecule has 2 aromatic rings. The summed E-state index contributed by atoms with van der Waals surface area (Å²) in [4.78, 5) is 28.1. The molecule has 0 atom stereocenters. The van der Waals surface area contributed by atoms with E-state index in [9.17, 15) is 14.7 Å². The first-order valence-corrected chi connectivity index (χ1v) is 12.0. The Morgan fingerprint density at radius 3 is 2.56 bits per heavy atom. The number of ether oxygens (including phenoxy) is 1. The van der Waals surface area contributed by atoms with Crippen molar-refractivity contribution >= 4 is 11.7 Å². The molecule has 1 aliphatic rings. The number of rotatable bonds is 12. The number of hydrogen-bond donors (Lipinski definition) is 3. The van der Waals surface area contributed by atoms with Crippen LogP contribution in [0.4, 0.5) is 0 Å². The van der Waals surface area contributed by atoms with Gasteiger partial charge in [0.05, 0.1) is 13.7 Å². The van der Waals surface area contributed by atoms with E-state index in [0.717, 1.165) is 31.7 Å². The Balaban J connectivity index is 1.52. The number of methoxy groups -OCH3 is 1. The SMILES string of the molecule is CCN(NCc1ccc(OC)c(O)c1)C(=O)c1cccc(C(=O)CNCCN2CCCCC2)c1. The van der Waals surface area contributed by atoms with Gasteiger partial charge < -0.3 is 20.1 Å². The van der Waals surface area contributed by atoms with Crippen molar-refractivity contribution in [2.75, 3.05) is 46.4 Å². The van der Waals surface area contributed by atoms with E-state index in [2.05, 4.69) is 15.6 Å². The summed E-state index contributed by atoms with van der Waals surface area (Å²) in [5.41, 5.74) is 4.88. The fraction of sp³-hybridized carbons (Fsp3) is 0.462. The first kappa shape index (κ1) is 25.7. The zero-order valence-corrected chi connectivity index (χ0v) is 20.2. The first-order valence-electron chi connectivity index (χ1n) is 12.0. The minimum absolute atomic E-state index is 0.0296. The number of likely N-dealkylation sites (tertiary alicyclic amines) is 1. The lowest BCUT2D eigenvalue weighted by molar-refractivity contribution is 0.0666. The molecular formula is C26H36N4O4. The van der Waals surface area contributed by atoms with Crippen LogP contribution >= 0.6 is 0 Å². The Morgan fingerprint density at radius 1 is 1.09 bits per heavy atom. The van der Waals surface area contributed by atoms with Crippen LogP contribution in [0, 0.1) is 0 Å². The van der Waals surface area contributed by atoms with Gasteiger partial charge in [0.25, 0.3) is 5.91 Å². The normalized spacial score (nSPS) is 14.1. The summed E-state index contributed by atoms with van der Waals surface area (Å²) in [6, 6.07) is 12.0. The van der Waals surface area contributed by atoms with Crippen molar-refractivity contribution in [2.45, 2.75) is 32.7 Å². The first-order chi connectivity index (χ1) is 16.5. The van der Waals surface area contributed by atoms with Crippen LogP contribution in [0.25, 0.3) is 0 Å². The van der Waals surface area contributed by atoms with Gasteiger partial charge in [-0.2, -0.15) is 0 Å². The quantitative estimate of drug-likeness (QED) is 0.251. The lowest BCUT2D eigenvalue weighted by Gasteiger charge is -2.26. The van der Waals surface area contributed by atoms with Gasteiger partial charge in [-0.1, -0.05) is 24.6 Å². The van der Waals surface area contributed by atoms with E-state index < -0.39 is 0 Å². The Labute approximate surface area is 201 Å². The number of hydrazine groups is 1. The van der Waals surface area contributed by atoms with Crippen LogP contribution in [0.15, 0.2) is 42.5 Å². The van der Waals surface area contributed by atoms with Crippen LogP contribution < -0.4 is 15.5 Å². The number of amides is 1. The summed E-state index contributed by atoms with van der Waals surface area (Å²) >= 11 is 0. The van der Waals surface area contributed by atoms with Gasteiger partial charge in [0.1, 0.15) is 0 Å². The predicted octanol–water partition coefficient (Wildman–Crippen LogP) is 2.83. The number of phenols is 1. The van der Waals surface area contributed by atoms with Crippen molar-refractivity contribution in [1.29, 1.82) is 0 Å². The van der Waals surface area contributed by atoms with Crippen molar-refractivity contribution in [3.8, 4) is 11.5 Å². The third-order valence-electron chi connectivity index (χ3n) is 6.05. The number of nitrogens with one attached hydrogen (secondary N) is 2. The van der Waals surface area contributed by atoms with E-state index in [0.29, 0.717) is 30.0 Å². The summed E-state index contributed by atoms with van der Waals surface area (Å²) in [7, 11) is 1.50. The van der Waals surface area contributed by atoms with Gasteiger partial charge >= 0.3 is 0 Å². The highest BCUT2D eigenvalue weighted by molar-refractivity contribution is 6.01. The summed E-state index contributed by atoms with van der Waals surface area (Å²) in [5.74, 6) is 0.201. The third kappa shape index (κ3) is 7.28. The summed E-state index contributed by atoms with van der Waals surface area (Å²) in [6.07, 6.45) is 3.82. The van der Waals surface area contributed by atoms with Crippen LogP contribution in [-0.4, -0.2) is 73.1 Å². The number of phenolic OH excluding ortho intramolecular Hbond substituents is 1. The van der Waals surface area contributed by atoms with Crippen molar-refractivity contribution in [3.63, 3.8) is 0 Å². The zero-order valence-electron chi connectivity index (χ0n) is 20.2. The Kier molecular flexibility index (Phi) is 9.88. The lowest BCUT2D eigenvalue weighted by Crippen LogP contribution is -2.42. The van der Waals surface area contributed by atoms with E-state index in [-0.39, 0.29) is 24.0 Å². The largest absolute Gasteiger partial charge is 0.504 e. The van der Waals surface area contributed by atoms with Gasteiger partial charge in [-0.25, -0.2) is 5.43 Å². The second-order valence-corrected chi connectivity index (χ2v) is 8.47. The van der Waals surface area contributed by atoms with Gasteiger partial charge in [-0.15, -0.1) is 0 Å². The number of hydrogen-bond acceptors (Lipinski definition) is 7. The molecule has 1 amide bonds. The Bertz CT molecular complexity index is 960. The van der Waals surface area contributed by atoms with Crippen molar-refractivity contribution in [3.05, 3.63) is 59.2 Å². The minimum Gasteiger partial charge on any atom is -0.504 e. The average molecular weight is 469 g/mol. The minimum atomic E-state index is -0.215. The highest BCUT2D eigenvalue weighted by Gasteiger charge is 2.17. The number of benzene rings is 2. The highest BCUT2D eigenvalue weighted by Crippen LogP contribution is 2.26. The van der Waals surface area contributed by atoms with Crippen LogP contribution in [-0.2, 0) is 6.54 Å². The van der Waals surface area contributed by atoms with Crippen molar-refractivity contribution in [2.24, 2.45) is 0 Å². The second kappa shape index (κ2) is 13.1. The number of ketones is 1. The lowest BCUT2D eigenvalue weighted by atomic mass is 10.1. The molecule has 0 aromatic heterocycles.